The third-order valence-corrected chi connectivity index (χ3v) is 6.56. The van der Waals surface area contributed by atoms with Gasteiger partial charge in [0.25, 0.3) is 16.0 Å². The third kappa shape index (κ3) is 7.11. The molecule has 0 aliphatic carbocycles. The molecule has 1 saturated heterocycles. The predicted octanol–water partition coefficient (Wildman–Crippen LogP) is 4.14. The number of amides is 1. The third-order valence-electron chi connectivity index (χ3n) is 6.05. The summed E-state index contributed by atoms with van der Waals surface area (Å²) in [7, 11) is -4.29. The number of likely N-dealkylation sites (tertiary alicyclic amines) is 1. The van der Waals surface area contributed by atoms with Crippen molar-refractivity contribution in [3.05, 3.63) is 89.1 Å². The van der Waals surface area contributed by atoms with E-state index in [1.54, 1.807) is 0 Å². The first-order valence-electron chi connectivity index (χ1n) is 11.5. The number of aromatic nitrogens is 1. The number of hydrogen-bond donors (Lipinski definition) is 2. The molecule has 35 heavy (non-hydrogen) atoms. The van der Waals surface area contributed by atoms with Crippen molar-refractivity contribution in [2.24, 2.45) is 0 Å². The molecule has 4 rings (SSSR count). The number of aryl methyl sites for hydroxylation is 1. The van der Waals surface area contributed by atoms with Gasteiger partial charge in [0.05, 0.1) is 5.56 Å². The highest BCUT2D eigenvalue weighted by atomic mass is 32.2. The zero-order valence-corrected chi connectivity index (χ0v) is 20.4. The minimum absolute atomic E-state index is 0.156. The van der Waals surface area contributed by atoms with Crippen molar-refractivity contribution in [2.75, 3.05) is 19.0 Å². The average Bonchev–Trinajstić information content (AvgIpc) is 2.85. The van der Waals surface area contributed by atoms with Crippen LogP contribution in [0.15, 0.2) is 66.9 Å². The maximum atomic E-state index is 11.9. The molecule has 1 aliphatic rings. The van der Waals surface area contributed by atoms with Crippen LogP contribution in [0.3, 0.4) is 0 Å². The van der Waals surface area contributed by atoms with Crippen LogP contribution in [0, 0.1) is 6.92 Å². The molecule has 184 valence electrons. The monoisotopic (exact) mass is 495 g/mol. The van der Waals surface area contributed by atoms with Crippen molar-refractivity contribution in [1.82, 2.24) is 15.2 Å². The lowest BCUT2D eigenvalue weighted by molar-refractivity contribution is 0.0958. The second-order valence-corrected chi connectivity index (χ2v) is 10.3. The number of carbonyl (C=O) groups is 1. The van der Waals surface area contributed by atoms with Crippen molar-refractivity contribution in [3.8, 4) is 11.6 Å². The standard InChI is InChI=1S/C26H29N3O5S/c1-19-14-20(16-29-13-5-8-23(17-29)21-6-3-2-4-7-21)9-11-24(19)34-25-12-10-22(15-27-25)26(30)28-18-35(31,32)33/h2-4,6-7,9-12,14-15,23H,5,8,13,16-18H2,1H3,(H,28,30)(H,31,32,33). The van der Waals surface area contributed by atoms with Crippen molar-refractivity contribution in [3.63, 3.8) is 0 Å². The number of rotatable bonds is 8. The van der Waals surface area contributed by atoms with Gasteiger partial charge in [0.2, 0.25) is 5.88 Å². The van der Waals surface area contributed by atoms with E-state index in [9.17, 15) is 13.2 Å². The van der Waals surface area contributed by atoms with E-state index in [-0.39, 0.29) is 5.56 Å². The van der Waals surface area contributed by atoms with Crippen LogP contribution in [0.1, 0.15) is 45.8 Å². The van der Waals surface area contributed by atoms with E-state index in [1.165, 1.54) is 42.3 Å². The van der Waals surface area contributed by atoms with Crippen LogP contribution < -0.4 is 10.1 Å². The molecular formula is C26H29N3O5S. The van der Waals surface area contributed by atoms with Crippen LogP contribution in [0.4, 0.5) is 0 Å². The summed E-state index contributed by atoms with van der Waals surface area (Å²) in [5.74, 6) is 0.0340. The SMILES string of the molecule is Cc1cc(CN2CCCC(c3ccccc3)C2)ccc1Oc1ccc(C(=O)NCS(=O)(=O)O)cn1. The van der Waals surface area contributed by atoms with E-state index in [1.807, 2.05) is 13.0 Å². The quantitative estimate of drug-likeness (QED) is 0.452. The lowest BCUT2D eigenvalue weighted by Gasteiger charge is -2.33. The van der Waals surface area contributed by atoms with Gasteiger partial charge in [0, 0.05) is 25.4 Å². The number of nitrogens with one attached hydrogen (secondary N) is 1. The molecule has 1 fully saturated rings. The van der Waals surface area contributed by atoms with Gasteiger partial charge >= 0.3 is 0 Å². The summed E-state index contributed by atoms with van der Waals surface area (Å²) in [6.07, 6.45) is 3.70. The van der Waals surface area contributed by atoms with Crippen LogP contribution in [-0.2, 0) is 16.7 Å². The fourth-order valence-corrected chi connectivity index (χ4v) is 4.64. The number of hydrogen-bond acceptors (Lipinski definition) is 6. The Balaban J connectivity index is 1.35. The molecular weight excluding hydrogens is 466 g/mol. The first-order chi connectivity index (χ1) is 16.8. The minimum atomic E-state index is -4.29. The van der Waals surface area contributed by atoms with E-state index in [0.29, 0.717) is 17.5 Å². The van der Waals surface area contributed by atoms with Gasteiger partial charge < -0.3 is 10.1 Å². The number of piperidine rings is 1. The van der Waals surface area contributed by atoms with Crippen LogP contribution in [0.5, 0.6) is 11.6 Å². The smallest absolute Gasteiger partial charge is 0.283 e. The second-order valence-electron chi connectivity index (χ2n) is 8.80. The lowest BCUT2D eigenvalue weighted by Crippen LogP contribution is -2.33. The average molecular weight is 496 g/mol. The van der Waals surface area contributed by atoms with Gasteiger partial charge in [-0.1, -0.05) is 42.5 Å². The highest BCUT2D eigenvalue weighted by Crippen LogP contribution is 2.29. The highest BCUT2D eigenvalue weighted by Gasteiger charge is 2.21. The van der Waals surface area contributed by atoms with Gasteiger partial charge in [-0.3, -0.25) is 14.2 Å². The van der Waals surface area contributed by atoms with Gasteiger partial charge in [-0.2, -0.15) is 8.42 Å². The van der Waals surface area contributed by atoms with Gasteiger partial charge in [0.15, 0.2) is 0 Å². The molecule has 8 nitrogen and oxygen atoms in total. The fourth-order valence-electron chi connectivity index (χ4n) is 4.33. The van der Waals surface area contributed by atoms with E-state index < -0.39 is 21.9 Å². The number of nitrogens with zero attached hydrogens (tertiary/aromatic N) is 2. The summed E-state index contributed by atoms with van der Waals surface area (Å²) < 4.78 is 36.2. The van der Waals surface area contributed by atoms with Crippen LogP contribution in [0.25, 0.3) is 0 Å². The fraction of sp³-hybridized carbons (Fsp3) is 0.308. The summed E-state index contributed by atoms with van der Waals surface area (Å²) in [6.45, 7) is 5.01. The van der Waals surface area contributed by atoms with E-state index in [4.69, 9.17) is 9.29 Å². The Morgan fingerprint density at radius 2 is 1.97 bits per heavy atom. The topological polar surface area (TPSA) is 109 Å². The van der Waals surface area contributed by atoms with Crippen LogP contribution >= 0.6 is 0 Å². The molecule has 2 N–H and O–H groups in total. The molecule has 0 bridgehead atoms. The van der Waals surface area contributed by atoms with E-state index in [0.717, 1.165) is 25.2 Å². The van der Waals surface area contributed by atoms with Gasteiger partial charge in [-0.25, -0.2) is 4.98 Å². The van der Waals surface area contributed by atoms with Crippen LogP contribution in [0.2, 0.25) is 0 Å². The first-order valence-corrected chi connectivity index (χ1v) is 13.1. The number of ether oxygens (including phenoxy) is 1. The maximum Gasteiger partial charge on any atom is 0.283 e. The minimum Gasteiger partial charge on any atom is -0.439 e. The molecule has 3 aromatic rings. The molecule has 1 aromatic heterocycles. The van der Waals surface area contributed by atoms with E-state index in [2.05, 4.69) is 57.7 Å². The molecule has 2 aromatic carbocycles. The van der Waals surface area contributed by atoms with Crippen LogP contribution in [-0.4, -0.2) is 47.7 Å². The normalized spacial score (nSPS) is 16.6. The zero-order chi connectivity index (χ0) is 24.8. The number of benzene rings is 2. The van der Waals surface area contributed by atoms with Gasteiger partial charge in [-0.15, -0.1) is 0 Å². The maximum absolute atomic E-state index is 11.9. The molecule has 1 aliphatic heterocycles. The second kappa shape index (κ2) is 11.0. The molecule has 1 amide bonds. The predicted molar refractivity (Wildman–Crippen MR) is 133 cm³/mol. The van der Waals surface area contributed by atoms with Crippen molar-refractivity contribution in [2.45, 2.75) is 32.2 Å². The molecule has 0 saturated carbocycles. The summed E-state index contributed by atoms with van der Waals surface area (Å²) in [5.41, 5.74) is 3.77. The number of carbonyl (C=O) groups excluding carboxylic acids is 1. The summed E-state index contributed by atoms with van der Waals surface area (Å²) in [6, 6.07) is 19.8. The number of pyridine rings is 1. The Hall–Kier alpha value is -3.27. The Kier molecular flexibility index (Phi) is 7.80. The highest BCUT2D eigenvalue weighted by molar-refractivity contribution is 7.85. The van der Waals surface area contributed by atoms with E-state index >= 15 is 0 Å². The molecule has 0 spiro atoms. The lowest BCUT2D eigenvalue weighted by atomic mass is 9.90. The van der Waals surface area contributed by atoms with Gasteiger partial charge in [0.1, 0.15) is 11.6 Å². The first kappa shape index (κ1) is 24.8. The molecule has 1 atom stereocenters. The Bertz CT molecular complexity index is 1260. The van der Waals surface area contributed by atoms with Gasteiger partial charge in [-0.05, 0) is 61.1 Å². The summed E-state index contributed by atoms with van der Waals surface area (Å²) >= 11 is 0. The Labute approximate surface area is 205 Å². The molecule has 2 heterocycles. The molecule has 9 heteroatoms. The Morgan fingerprint density at radius 1 is 1.17 bits per heavy atom. The summed E-state index contributed by atoms with van der Waals surface area (Å²) in [4.78, 5) is 18.6. The Morgan fingerprint density at radius 3 is 2.66 bits per heavy atom. The zero-order valence-electron chi connectivity index (χ0n) is 19.6. The van der Waals surface area contributed by atoms with Crippen molar-refractivity contribution in [1.29, 1.82) is 0 Å². The van der Waals surface area contributed by atoms with Crippen molar-refractivity contribution < 1.29 is 22.5 Å². The molecule has 1 unspecified atom stereocenters. The summed E-state index contributed by atoms with van der Waals surface area (Å²) in [5, 5.41) is 2.11. The molecule has 0 radical (unpaired) electrons. The largest absolute Gasteiger partial charge is 0.439 e. The van der Waals surface area contributed by atoms with Crippen molar-refractivity contribution >= 4 is 16.0 Å².